The number of hydrogen-bond acceptors (Lipinski definition) is 1. The Morgan fingerprint density at radius 3 is 1.55 bits per heavy atom. The third-order valence-electron chi connectivity index (χ3n) is 8.56. The first kappa shape index (κ1) is 25.8. The van der Waals surface area contributed by atoms with E-state index in [-0.39, 0.29) is 5.41 Å². The number of hydrogen-bond donors (Lipinski definition) is 0. The summed E-state index contributed by atoms with van der Waals surface area (Å²) < 4.78 is 0. The quantitative estimate of drug-likeness (QED) is 0.190. The first-order valence-electron chi connectivity index (χ1n) is 14.6. The maximum absolute atomic E-state index is 2.39. The van der Waals surface area contributed by atoms with Gasteiger partial charge in [0.15, 0.2) is 0 Å². The lowest BCUT2D eigenvalue weighted by atomic mass is 9.77. The number of para-hydroxylation sites is 1. The molecule has 0 aromatic heterocycles. The van der Waals surface area contributed by atoms with Crippen LogP contribution < -0.4 is 4.90 Å². The molecule has 7 rings (SSSR count). The third-order valence-corrected chi connectivity index (χ3v) is 8.56. The highest BCUT2D eigenvalue weighted by molar-refractivity contribution is 6.07. The first-order chi connectivity index (χ1) is 20.6. The Hall–Kier alpha value is -5.14. The van der Waals surface area contributed by atoms with Crippen LogP contribution in [0.1, 0.15) is 25.0 Å². The van der Waals surface area contributed by atoms with E-state index in [9.17, 15) is 0 Å². The molecule has 202 valence electrons. The molecule has 1 nitrogen and oxygen atoms in total. The summed E-state index contributed by atoms with van der Waals surface area (Å²) in [5, 5.41) is 5.17. The summed E-state index contributed by atoms with van der Waals surface area (Å²) in [6, 6.07) is 59.1. The van der Waals surface area contributed by atoms with E-state index in [2.05, 4.69) is 183 Å². The lowest BCUT2D eigenvalue weighted by Gasteiger charge is -2.29. The van der Waals surface area contributed by atoms with Gasteiger partial charge in [0.25, 0.3) is 0 Å². The second-order valence-electron chi connectivity index (χ2n) is 11.5. The largest absolute Gasteiger partial charge is 0.311 e. The van der Waals surface area contributed by atoms with Gasteiger partial charge in [-0.15, -0.1) is 0 Å². The number of benzene rings is 7. The average Bonchev–Trinajstić information content (AvgIpc) is 3.06. The van der Waals surface area contributed by atoms with Crippen LogP contribution in [0.25, 0.3) is 32.7 Å². The summed E-state index contributed by atoms with van der Waals surface area (Å²) in [4.78, 5) is 2.33. The number of anilines is 3. The van der Waals surface area contributed by atoms with Crippen LogP contribution in [0.5, 0.6) is 0 Å². The van der Waals surface area contributed by atoms with Gasteiger partial charge in [-0.2, -0.15) is 0 Å². The van der Waals surface area contributed by atoms with Crippen molar-refractivity contribution in [2.75, 3.05) is 4.90 Å². The normalized spacial score (nSPS) is 11.6. The highest BCUT2D eigenvalue weighted by atomic mass is 15.1. The Morgan fingerprint density at radius 2 is 0.857 bits per heavy atom. The monoisotopic (exact) mass is 539 g/mol. The van der Waals surface area contributed by atoms with Crippen LogP contribution in [-0.4, -0.2) is 0 Å². The topological polar surface area (TPSA) is 3.24 Å². The molecule has 0 spiro atoms. The van der Waals surface area contributed by atoms with E-state index >= 15 is 0 Å². The maximum Gasteiger partial charge on any atom is 0.0462 e. The zero-order chi connectivity index (χ0) is 28.5. The molecule has 0 radical (unpaired) electrons. The van der Waals surface area contributed by atoms with E-state index in [1.54, 1.807) is 0 Å². The Labute approximate surface area is 248 Å². The smallest absolute Gasteiger partial charge is 0.0462 e. The van der Waals surface area contributed by atoms with E-state index in [0.717, 1.165) is 17.1 Å². The molecule has 0 amide bonds. The predicted molar refractivity (Wildman–Crippen MR) is 180 cm³/mol. The van der Waals surface area contributed by atoms with Crippen LogP contribution in [0, 0.1) is 0 Å². The second kappa shape index (κ2) is 10.7. The molecule has 0 saturated carbocycles. The Balaban J connectivity index is 1.25. The van der Waals surface area contributed by atoms with Crippen molar-refractivity contribution in [3.63, 3.8) is 0 Å². The maximum atomic E-state index is 2.39. The molecule has 0 bridgehead atoms. The van der Waals surface area contributed by atoms with Crippen molar-refractivity contribution in [2.45, 2.75) is 19.3 Å². The van der Waals surface area contributed by atoms with Crippen molar-refractivity contribution in [1.82, 2.24) is 0 Å². The zero-order valence-corrected chi connectivity index (χ0v) is 24.0. The van der Waals surface area contributed by atoms with Crippen LogP contribution in [0.15, 0.2) is 164 Å². The van der Waals surface area contributed by atoms with Gasteiger partial charge in [0, 0.05) is 22.5 Å². The molecule has 7 aromatic carbocycles. The van der Waals surface area contributed by atoms with E-state index in [1.165, 1.54) is 43.8 Å². The summed E-state index contributed by atoms with van der Waals surface area (Å²) in [5.41, 5.74) is 8.30. The fourth-order valence-electron chi connectivity index (χ4n) is 6.04. The zero-order valence-electron chi connectivity index (χ0n) is 24.0. The molecule has 0 N–H and O–H groups in total. The molecule has 0 aliphatic carbocycles. The van der Waals surface area contributed by atoms with Crippen LogP contribution >= 0.6 is 0 Å². The minimum absolute atomic E-state index is 0.154. The standard InChI is InChI=1S/C41H33N/c1-41(2,35-22-19-33-18-17-32-13-9-10-16-39(32)40(33)29-35)34-23-27-38(28-24-34)42(36-14-7-4-8-15-36)37-25-20-31(21-26-37)30-11-5-3-6-12-30/h3-29H,1-2H3. The van der Waals surface area contributed by atoms with Crippen molar-refractivity contribution in [2.24, 2.45) is 0 Å². The Morgan fingerprint density at radius 1 is 0.381 bits per heavy atom. The summed E-state index contributed by atoms with van der Waals surface area (Å²) in [5.74, 6) is 0. The molecule has 0 aliphatic rings. The van der Waals surface area contributed by atoms with Gasteiger partial charge >= 0.3 is 0 Å². The van der Waals surface area contributed by atoms with Crippen LogP contribution in [0.2, 0.25) is 0 Å². The average molecular weight is 540 g/mol. The summed E-state index contributed by atoms with van der Waals surface area (Å²) in [6.45, 7) is 4.65. The van der Waals surface area contributed by atoms with Crippen molar-refractivity contribution in [3.8, 4) is 11.1 Å². The predicted octanol–water partition coefficient (Wildman–Crippen LogP) is 11.5. The Kier molecular flexibility index (Phi) is 6.56. The molecule has 0 heterocycles. The van der Waals surface area contributed by atoms with E-state index in [4.69, 9.17) is 0 Å². The van der Waals surface area contributed by atoms with Gasteiger partial charge in [0.2, 0.25) is 0 Å². The SMILES string of the molecule is CC(C)(c1ccc(N(c2ccccc2)c2ccc(-c3ccccc3)cc2)cc1)c1ccc2ccc3ccccc3c2c1. The van der Waals surface area contributed by atoms with Crippen molar-refractivity contribution in [1.29, 1.82) is 0 Å². The molecule has 0 fully saturated rings. The van der Waals surface area contributed by atoms with Crippen molar-refractivity contribution >= 4 is 38.6 Å². The van der Waals surface area contributed by atoms with Gasteiger partial charge < -0.3 is 4.90 Å². The van der Waals surface area contributed by atoms with Crippen LogP contribution in [0.3, 0.4) is 0 Å². The molecule has 0 saturated heterocycles. The number of nitrogens with zero attached hydrogens (tertiary/aromatic N) is 1. The fraction of sp³-hybridized carbons (Fsp3) is 0.0732. The first-order valence-corrected chi connectivity index (χ1v) is 14.6. The number of rotatable bonds is 6. The third kappa shape index (κ3) is 4.74. The van der Waals surface area contributed by atoms with Gasteiger partial charge in [-0.1, -0.05) is 135 Å². The van der Waals surface area contributed by atoms with Gasteiger partial charge in [-0.05, 0) is 86.3 Å². The molecule has 7 aromatic rings. The van der Waals surface area contributed by atoms with Gasteiger partial charge in [-0.3, -0.25) is 0 Å². The van der Waals surface area contributed by atoms with Gasteiger partial charge in [0.1, 0.15) is 0 Å². The summed E-state index contributed by atoms with van der Waals surface area (Å²) in [6.07, 6.45) is 0. The lowest BCUT2D eigenvalue weighted by Crippen LogP contribution is -2.19. The lowest BCUT2D eigenvalue weighted by molar-refractivity contribution is 0.642. The Bertz CT molecular complexity index is 1970. The minimum Gasteiger partial charge on any atom is -0.311 e. The van der Waals surface area contributed by atoms with Gasteiger partial charge in [0.05, 0.1) is 0 Å². The summed E-state index contributed by atoms with van der Waals surface area (Å²) in [7, 11) is 0. The fourth-order valence-corrected chi connectivity index (χ4v) is 6.04. The van der Waals surface area contributed by atoms with Crippen LogP contribution in [-0.2, 0) is 5.41 Å². The molecule has 0 unspecified atom stereocenters. The molecular weight excluding hydrogens is 506 g/mol. The number of fused-ring (bicyclic) bond motifs is 3. The van der Waals surface area contributed by atoms with Crippen molar-refractivity contribution in [3.05, 3.63) is 175 Å². The van der Waals surface area contributed by atoms with E-state index < -0.39 is 0 Å². The second-order valence-corrected chi connectivity index (χ2v) is 11.5. The molecule has 0 aliphatic heterocycles. The summed E-state index contributed by atoms with van der Waals surface area (Å²) >= 11 is 0. The molecule has 1 heteroatoms. The van der Waals surface area contributed by atoms with E-state index in [1.807, 2.05) is 0 Å². The minimum atomic E-state index is -0.154. The highest BCUT2D eigenvalue weighted by Crippen LogP contribution is 2.39. The van der Waals surface area contributed by atoms with E-state index in [0.29, 0.717) is 0 Å². The van der Waals surface area contributed by atoms with Crippen molar-refractivity contribution < 1.29 is 0 Å². The van der Waals surface area contributed by atoms with Crippen LogP contribution in [0.4, 0.5) is 17.1 Å². The van der Waals surface area contributed by atoms with Gasteiger partial charge in [-0.25, -0.2) is 0 Å². The highest BCUT2D eigenvalue weighted by Gasteiger charge is 2.24. The molecule has 42 heavy (non-hydrogen) atoms. The molecule has 0 atom stereocenters. The molecular formula is C41H33N.